The second-order valence-corrected chi connectivity index (χ2v) is 0. The largest absolute Gasteiger partial charge is 0.400 e. The Hall–Kier alpha value is 2.17. The van der Waals surface area contributed by atoms with Gasteiger partial charge in [-0.3, -0.25) is 0 Å². The van der Waals surface area contributed by atoms with E-state index in [9.17, 15) is 0 Å². The van der Waals surface area contributed by atoms with E-state index in [1.54, 1.807) is 0 Å². The molecule has 0 aliphatic rings. The van der Waals surface area contributed by atoms with Crippen LogP contribution in [0, 0.1) is 7.43 Å². The van der Waals surface area contributed by atoms with Crippen LogP contribution in [0.1, 0.15) is 0 Å². The summed E-state index contributed by atoms with van der Waals surface area (Å²) < 4.78 is 0. The zero-order chi connectivity index (χ0) is 2.00. The fourth-order valence-electron chi connectivity index (χ4n) is 0. The summed E-state index contributed by atoms with van der Waals surface area (Å²) in [5, 5.41) is 7.00. The molecule has 3 heteroatoms. The van der Waals surface area contributed by atoms with E-state index in [0.29, 0.717) is 0 Å². The van der Waals surface area contributed by atoms with Crippen molar-refractivity contribution in [2.24, 2.45) is 0 Å². The van der Waals surface area contributed by atoms with Gasteiger partial charge in [0.05, 0.1) is 0 Å². The van der Waals surface area contributed by atoms with Crippen molar-refractivity contribution in [2.75, 3.05) is 7.11 Å². The van der Waals surface area contributed by atoms with Crippen molar-refractivity contribution >= 4 is 0 Å². The first-order chi connectivity index (χ1) is 1.00. The average Bonchev–Trinajstić information content (AvgIpc) is 1.00. The Morgan fingerprint density at radius 2 is 1.00 bits per heavy atom. The molecule has 0 rings (SSSR count). The predicted octanol–water partition coefficient (Wildman–Crippen LogP) is 0.0538. The van der Waals surface area contributed by atoms with E-state index in [4.69, 9.17) is 5.11 Å². The molecule has 0 heterocycles. The van der Waals surface area contributed by atoms with Gasteiger partial charge in [0.1, 0.15) is 0 Å². The third-order valence-electron chi connectivity index (χ3n) is 0. The van der Waals surface area contributed by atoms with Crippen LogP contribution in [0.5, 0.6) is 0 Å². The van der Waals surface area contributed by atoms with Gasteiger partial charge in [0.15, 0.2) is 0 Å². The summed E-state index contributed by atoms with van der Waals surface area (Å²) in [4.78, 5) is 0. The molecule has 0 aromatic carbocycles. The summed E-state index contributed by atoms with van der Waals surface area (Å²) >= 11 is 0. The molecule has 1 N–H and O–H groups in total. The molecule has 0 saturated carbocycles. The molecule has 0 aromatic heterocycles. The Labute approximate surface area is 83.7 Å². The third-order valence-corrected chi connectivity index (χ3v) is 0. The van der Waals surface area contributed by atoms with E-state index < -0.39 is 0 Å². The standard InChI is InChI=1S/CH4O.CH3.2Y/c1-2;;;/h2H,1H3;1H3;;/q;-1;;. The van der Waals surface area contributed by atoms with Gasteiger partial charge in [0.2, 0.25) is 0 Å². The van der Waals surface area contributed by atoms with Crippen LogP contribution in [0.2, 0.25) is 0 Å². The smallest absolute Gasteiger partial charge is 0.0319 e. The molecule has 1 nitrogen and oxygen atoms in total. The van der Waals surface area contributed by atoms with Gasteiger partial charge in [-0.15, -0.1) is 0 Å². The van der Waals surface area contributed by atoms with E-state index in [1.165, 1.54) is 0 Å². The minimum atomic E-state index is 0. The van der Waals surface area contributed by atoms with E-state index in [1.807, 2.05) is 0 Å². The van der Waals surface area contributed by atoms with Crippen LogP contribution < -0.4 is 0 Å². The molecule has 0 fully saturated rings. The molecule has 0 amide bonds. The second kappa shape index (κ2) is 35.1. The molecular weight excluding hydrogens is 218 g/mol. The number of aliphatic hydroxyl groups is 1. The maximum absolute atomic E-state index is 7.00. The van der Waals surface area contributed by atoms with E-state index in [-0.39, 0.29) is 72.8 Å². The molecule has 0 saturated heterocycles. The van der Waals surface area contributed by atoms with Gasteiger partial charge in [-0.05, 0) is 0 Å². The molecular formula is C2H7OY2-. The van der Waals surface area contributed by atoms with Gasteiger partial charge in [-0.1, -0.05) is 0 Å². The van der Waals surface area contributed by atoms with E-state index in [2.05, 4.69) is 0 Å². The minimum Gasteiger partial charge on any atom is -0.400 e. The van der Waals surface area contributed by atoms with Crippen LogP contribution in [-0.4, -0.2) is 12.2 Å². The van der Waals surface area contributed by atoms with Crippen molar-refractivity contribution in [3.05, 3.63) is 7.43 Å². The maximum Gasteiger partial charge on any atom is 0.0319 e. The molecule has 5 heavy (non-hydrogen) atoms. The Bertz CT molecular complexity index is 7.61. The number of hydrogen-bond acceptors (Lipinski definition) is 1. The second-order valence-electron chi connectivity index (χ2n) is 0. The Morgan fingerprint density at radius 1 is 1.00 bits per heavy atom. The number of hydrogen-bond donors (Lipinski definition) is 1. The summed E-state index contributed by atoms with van der Waals surface area (Å²) in [7, 11) is 1.00. The summed E-state index contributed by atoms with van der Waals surface area (Å²) in [5.41, 5.74) is 0. The number of aliphatic hydroxyl groups excluding tert-OH is 1. The van der Waals surface area contributed by atoms with E-state index in [0.717, 1.165) is 7.11 Å². The molecule has 2 radical (unpaired) electrons. The van der Waals surface area contributed by atoms with Gasteiger partial charge in [0, 0.05) is 72.5 Å². The molecule has 0 spiro atoms. The van der Waals surface area contributed by atoms with Crippen molar-refractivity contribution in [3.8, 4) is 0 Å². The zero-order valence-electron chi connectivity index (χ0n) is 3.60. The molecule has 0 aromatic rings. The van der Waals surface area contributed by atoms with Crippen LogP contribution >= 0.6 is 0 Å². The third kappa shape index (κ3) is 22.8. The normalized spacial score (nSPS) is 1.20. The van der Waals surface area contributed by atoms with Crippen molar-refractivity contribution in [1.82, 2.24) is 0 Å². The van der Waals surface area contributed by atoms with Crippen molar-refractivity contribution in [1.29, 1.82) is 0 Å². The molecule has 0 bridgehead atoms. The number of rotatable bonds is 0. The van der Waals surface area contributed by atoms with Gasteiger partial charge in [-0.2, -0.15) is 0 Å². The van der Waals surface area contributed by atoms with Crippen LogP contribution in [0.15, 0.2) is 0 Å². The van der Waals surface area contributed by atoms with Crippen LogP contribution in [-0.2, 0) is 65.4 Å². The van der Waals surface area contributed by atoms with Gasteiger partial charge >= 0.3 is 0 Å². The minimum absolute atomic E-state index is 0. The summed E-state index contributed by atoms with van der Waals surface area (Å²) in [6.07, 6.45) is 0. The van der Waals surface area contributed by atoms with Crippen molar-refractivity contribution in [2.45, 2.75) is 0 Å². The Morgan fingerprint density at radius 3 is 1.00 bits per heavy atom. The van der Waals surface area contributed by atoms with Crippen LogP contribution in [0.4, 0.5) is 0 Å². The predicted molar refractivity (Wildman–Crippen MR) is 14.6 cm³/mol. The maximum atomic E-state index is 7.00. The van der Waals surface area contributed by atoms with Crippen LogP contribution in [0.3, 0.4) is 0 Å². The van der Waals surface area contributed by atoms with Crippen LogP contribution in [0.25, 0.3) is 0 Å². The van der Waals surface area contributed by atoms with Gasteiger partial charge in [0.25, 0.3) is 0 Å². The fraction of sp³-hybridized carbons (Fsp3) is 0.500. The van der Waals surface area contributed by atoms with E-state index >= 15 is 0 Å². The SMILES string of the molecule is CO.[CH3-].[Y].[Y]. The summed E-state index contributed by atoms with van der Waals surface area (Å²) in [5.74, 6) is 0. The molecule has 0 aliphatic heterocycles. The molecule has 28 valence electrons. The fourth-order valence-corrected chi connectivity index (χ4v) is 0. The molecule has 0 unspecified atom stereocenters. The van der Waals surface area contributed by atoms with Gasteiger partial charge in [-0.25, -0.2) is 0 Å². The van der Waals surface area contributed by atoms with Gasteiger partial charge < -0.3 is 12.5 Å². The zero-order valence-corrected chi connectivity index (χ0v) is 9.28. The first-order valence-corrected chi connectivity index (χ1v) is 0.447. The van der Waals surface area contributed by atoms with Crippen molar-refractivity contribution in [3.63, 3.8) is 0 Å². The monoisotopic (exact) mass is 225 g/mol. The first kappa shape index (κ1) is 27.2. The molecule has 0 aliphatic carbocycles. The first-order valence-electron chi connectivity index (χ1n) is 0.447. The molecule has 0 atom stereocenters. The van der Waals surface area contributed by atoms with Crippen molar-refractivity contribution < 1.29 is 70.5 Å². The Kier molecular flexibility index (Phi) is 190. The average molecular weight is 225 g/mol. The summed E-state index contributed by atoms with van der Waals surface area (Å²) in [6, 6.07) is 0. The Balaban J connectivity index is -0.00000000167. The topological polar surface area (TPSA) is 20.2 Å². The quantitative estimate of drug-likeness (QED) is 0.577. The summed E-state index contributed by atoms with van der Waals surface area (Å²) in [6.45, 7) is 0.